The average molecular weight is 262 g/mol. The molecule has 10 heavy (non-hydrogen) atoms. The number of nitrogens with zero attached hydrogens (tertiary/aromatic N) is 2. The van der Waals surface area contributed by atoms with Gasteiger partial charge in [0.2, 0.25) is 0 Å². The van der Waals surface area contributed by atoms with Crippen LogP contribution in [0.25, 0.3) is 0 Å². The van der Waals surface area contributed by atoms with Crippen LogP contribution in [0.3, 0.4) is 0 Å². The van der Waals surface area contributed by atoms with Gasteiger partial charge >= 0.3 is 6.30 Å². The maximum Gasteiger partial charge on any atom is 0.504 e. The lowest BCUT2D eigenvalue weighted by atomic mass is 10.7. The van der Waals surface area contributed by atoms with Crippen LogP contribution in [-0.2, 0) is 6.30 Å². The summed E-state index contributed by atoms with van der Waals surface area (Å²) in [7, 11) is 0. The van der Waals surface area contributed by atoms with Crippen molar-refractivity contribution in [2.75, 3.05) is 0 Å². The molecule has 0 aliphatic rings. The summed E-state index contributed by atoms with van der Waals surface area (Å²) >= 11 is 1.76. The van der Waals surface area contributed by atoms with Gasteiger partial charge in [-0.15, -0.1) is 13.2 Å². The third-order valence-corrected chi connectivity index (χ3v) is 1.37. The molecule has 0 atom stereocenters. The van der Waals surface area contributed by atoms with E-state index in [0.29, 0.717) is 3.57 Å². The van der Waals surface area contributed by atoms with E-state index in [1.54, 1.807) is 22.6 Å². The molecule has 0 aromatic carbocycles. The van der Waals surface area contributed by atoms with Crippen LogP contribution in [0.15, 0.2) is 12.4 Å². The van der Waals surface area contributed by atoms with Crippen LogP contribution in [0.5, 0.6) is 0 Å². The van der Waals surface area contributed by atoms with E-state index in [2.05, 4.69) is 5.10 Å². The van der Waals surface area contributed by atoms with E-state index in [4.69, 9.17) is 0 Å². The van der Waals surface area contributed by atoms with E-state index in [-0.39, 0.29) is 4.68 Å². The lowest BCUT2D eigenvalue weighted by Gasteiger charge is -2.03. The molecular formula is C4H2F3IN2. The van der Waals surface area contributed by atoms with Gasteiger partial charge in [0, 0.05) is 6.20 Å². The minimum atomic E-state index is -4.39. The van der Waals surface area contributed by atoms with Crippen LogP contribution in [0.4, 0.5) is 13.2 Å². The molecule has 1 aromatic rings. The Morgan fingerprint density at radius 2 is 2.10 bits per heavy atom. The molecule has 2 nitrogen and oxygen atoms in total. The Balaban J connectivity index is 2.96. The Labute approximate surface area is 68.2 Å². The number of halogens is 4. The van der Waals surface area contributed by atoms with E-state index >= 15 is 0 Å². The molecule has 0 unspecified atom stereocenters. The molecule has 0 amide bonds. The maximum absolute atomic E-state index is 11.7. The molecule has 1 aromatic heterocycles. The van der Waals surface area contributed by atoms with E-state index in [0.717, 1.165) is 12.4 Å². The summed E-state index contributed by atoms with van der Waals surface area (Å²) in [5.74, 6) is 0. The lowest BCUT2D eigenvalue weighted by Crippen LogP contribution is -2.16. The fourth-order valence-electron chi connectivity index (χ4n) is 0.440. The van der Waals surface area contributed by atoms with E-state index in [9.17, 15) is 13.2 Å². The largest absolute Gasteiger partial charge is 0.504 e. The molecule has 1 rings (SSSR count). The first-order valence-corrected chi connectivity index (χ1v) is 3.35. The van der Waals surface area contributed by atoms with E-state index in [1.165, 1.54) is 0 Å². The highest BCUT2D eigenvalue weighted by atomic mass is 127. The van der Waals surface area contributed by atoms with Gasteiger partial charge in [-0.05, 0) is 22.6 Å². The maximum atomic E-state index is 11.7. The van der Waals surface area contributed by atoms with Crippen molar-refractivity contribution >= 4 is 22.6 Å². The average Bonchev–Trinajstić information content (AvgIpc) is 2.11. The third-order valence-electron chi connectivity index (χ3n) is 0.811. The normalized spacial score (nSPS) is 12.0. The van der Waals surface area contributed by atoms with Gasteiger partial charge in [0.25, 0.3) is 0 Å². The Kier molecular flexibility index (Phi) is 1.88. The molecule has 0 N–H and O–H groups in total. The predicted octanol–water partition coefficient (Wildman–Crippen LogP) is 1.96. The zero-order valence-electron chi connectivity index (χ0n) is 4.56. The van der Waals surface area contributed by atoms with Gasteiger partial charge in [-0.3, -0.25) is 0 Å². The first kappa shape index (κ1) is 7.83. The second-order valence-corrected chi connectivity index (χ2v) is 2.82. The van der Waals surface area contributed by atoms with Gasteiger partial charge < -0.3 is 0 Å². The number of hydrogen-bond donors (Lipinski definition) is 0. The second kappa shape index (κ2) is 2.40. The minimum Gasteiger partial charge on any atom is -0.178 e. The van der Waals surface area contributed by atoms with Crippen molar-refractivity contribution in [3.8, 4) is 0 Å². The fourth-order valence-corrected chi connectivity index (χ4v) is 0.828. The van der Waals surface area contributed by atoms with Crippen molar-refractivity contribution < 1.29 is 13.2 Å². The molecule has 56 valence electrons. The Hall–Kier alpha value is -0.270. The third kappa shape index (κ3) is 1.61. The topological polar surface area (TPSA) is 17.8 Å². The van der Waals surface area contributed by atoms with Gasteiger partial charge in [0.05, 0.1) is 9.77 Å². The van der Waals surface area contributed by atoms with Crippen molar-refractivity contribution in [2.24, 2.45) is 0 Å². The molecule has 0 bridgehead atoms. The standard InChI is InChI=1S/C4H2F3IN2/c5-4(6,7)10-2-3(8)1-9-10/h1-2H. The van der Waals surface area contributed by atoms with Gasteiger partial charge in [0.15, 0.2) is 0 Å². The zero-order valence-corrected chi connectivity index (χ0v) is 6.72. The smallest absolute Gasteiger partial charge is 0.178 e. The minimum absolute atomic E-state index is 0.0330. The molecule has 0 aliphatic carbocycles. The van der Waals surface area contributed by atoms with E-state index in [1.807, 2.05) is 0 Å². The van der Waals surface area contributed by atoms with Crippen molar-refractivity contribution in [2.45, 2.75) is 6.30 Å². The van der Waals surface area contributed by atoms with Crippen molar-refractivity contribution in [1.29, 1.82) is 0 Å². The Bertz CT molecular complexity index is 229. The molecule has 0 radical (unpaired) electrons. The molecule has 1 heterocycles. The monoisotopic (exact) mass is 262 g/mol. The Morgan fingerprint density at radius 1 is 1.50 bits per heavy atom. The van der Waals surface area contributed by atoms with Gasteiger partial charge in [0.1, 0.15) is 0 Å². The zero-order chi connectivity index (χ0) is 7.78. The van der Waals surface area contributed by atoms with Crippen LogP contribution in [-0.4, -0.2) is 9.78 Å². The van der Waals surface area contributed by atoms with Crippen LogP contribution >= 0.6 is 22.6 Å². The predicted molar refractivity (Wildman–Crippen MR) is 36.2 cm³/mol. The summed E-state index contributed by atoms with van der Waals surface area (Å²) in [6.45, 7) is 0. The van der Waals surface area contributed by atoms with Gasteiger partial charge in [-0.25, -0.2) is 0 Å². The second-order valence-electron chi connectivity index (χ2n) is 1.57. The highest BCUT2D eigenvalue weighted by molar-refractivity contribution is 14.1. The van der Waals surface area contributed by atoms with Crippen LogP contribution < -0.4 is 0 Å². The molecule has 0 aliphatic heterocycles. The van der Waals surface area contributed by atoms with E-state index < -0.39 is 6.30 Å². The summed E-state index contributed by atoms with van der Waals surface area (Å²) < 4.78 is 35.5. The number of aromatic nitrogens is 2. The summed E-state index contributed by atoms with van der Waals surface area (Å²) in [5.41, 5.74) is 0. The molecule has 0 spiro atoms. The number of alkyl halides is 3. The quantitative estimate of drug-likeness (QED) is 0.653. The summed E-state index contributed by atoms with van der Waals surface area (Å²) in [4.78, 5) is 0. The van der Waals surface area contributed by atoms with Gasteiger partial charge in [-0.2, -0.15) is 9.78 Å². The molecular weight excluding hydrogens is 260 g/mol. The fraction of sp³-hybridized carbons (Fsp3) is 0.250. The SMILES string of the molecule is FC(F)(F)n1cc(I)cn1. The van der Waals surface area contributed by atoms with Crippen LogP contribution in [0, 0.1) is 3.57 Å². The Morgan fingerprint density at radius 3 is 2.30 bits per heavy atom. The molecule has 6 heteroatoms. The van der Waals surface area contributed by atoms with Crippen LogP contribution in [0.1, 0.15) is 0 Å². The molecule has 0 saturated heterocycles. The number of rotatable bonds is 0. The first-order valence-electron chi connectivity index (χ1n) is 2.27. The first-order chi connectivity index (χ1) is 4.50. The highest BCUT2D eigenvalue weighted by Gasteiger charge is 2.31. The summed E-state index contributed by atoms with van der Waals surface area (Å²) in [5, 5.41) is 3.07. The molecule has 0 fully saturated rings. The summed E-state index contributed by atoms with van der Waals surface area (Å²) in [6, 6.07) is 0. The molecule has 0 saturated carbocycles. The number of hydrogen-bond acceptors (Lipinski definition) is 1. The summed E-state index contributed by atoms with van der Waals surface area (Å²) in [6.07, 6.45) is -2.32. The van der Waals surface area contributed by atoms with Gasteiger partial charge in [-0.1, -0.05) is 0 Å². The lowest BCUT2D eigenvalue weighted by molar-refractivity contribution is -0.212. The van der Waals surface area contributed by atoms with Crippen molar-refractivity contribution in [3.05, 3.63) is 16.0 Å². The van der Waals surface area contributed by atoms with Crippen LogP contribution in [0.2, 0.25) is 0 Å². The highest BCUT2D eigenvalue weighted by Crippen LogP contribution is 2.21. The van der Waals surface area contributed by atoms with Crippen molar-refractivity contribution in [3.63, 3.8) is 0 Å². The van der Waals surface area contributed by atoms with Crippen molar-refractivity contribution in [1.82, 2.24) is 9.78 Å².